The van der Waals surface area contributed by atoms with Gasteiger partial charge >= 0.3 is 0 Å². The van der Waals surface area contributed by atoms with E-state index in [1.165, 1.54) is 5.56 Å². The van der Waals surface area contributed by atoms with Crippen LogP contribution in [-0.2, 0) is 24.3 Å². The predicted octanol–water partition coefficient (Wildman–Crippen LogP) is 4.87. The Bertz CT molecular complexity index is 1200. The molecular weight excluding hydrogens is 400 g/mol. The van der Waals surface area contributed by atoms with Crippen molar-refractivity contribution in [3.8, 4) is 11.5 Å². The summed E-state index contributed by atoms with van der Waals surface area (Å²) in [5, 5.41) is 4.13. The van der Waals surface area contributed by atoms with Gasteiger partial charge in [0.2, 0.25) is 5.91 Å². The molecule has 164 valence electrons. The van der Waals surface area contributed by atoms with E-state index in [1.807, 2.05) is 42.5 Å². The van der Waals surface area contributed by atoms with Crippen LogP contribution in [0.4, 0.5) is 0 Å². The molecule has 32 heavy (non-hydrogen) atoms. The number of hydrogen-bond donors (Lipinski definition) is 1. The van der Waals surface area contributed by atoms with Crippen LogP contribution in [0, 0.1) is 6.92 Å². The van der Waals surface area contributed by atoms with Crippen molar-refractivity contribution in [3.63, 3.8) is 0 Å². The number of ether oxygens (including phenoxy) is 2. The Hall–Kier alpha value is -3.73. The molecule has 3 aromatic carbocycles. The lowest BCUT2D eigenvalue weighted by Crippen LogP contribution is -2.24. The van der Waals surface area contributed by atoms with Gasteiger partial charge in [-0.25, -0.2) is 0 Å². The van der Waals surface area contributed by atoms with Gasteiger partial charge in [0.25, 0.3) is 0 Å². The third kappa shape index (κ3) is 4.94. The number of fused-ring (bicyclic) bond motifs is 1. The molecule has 1 heterocycles. The van der Waals surface area contributed by atoms with E-state index in [0.717, 1.165) is 39.1 Å². The average Bonchev–Trinajstić information content (AvgIpc) is 3.15. The Labute approximate surface area is 188 Å². The molecule has 5 nitrogen and oxygen atoms in total. The minimum absolute atomic E-state index is 0.0107. The number of carbonyl (C=O) groups excluding carboxylic acids is 1. The van der Waals surface area contributed by atoms with E-state index in [0.29, 0.717) is 19.5 Å². The van der Waals surface area contributed by atoms with Crippen molar-refractivity contribution in [2.24, 2.45) is 0 Å². The summed E-state index contributed by atoms with van der Waals surface area (Å²) in [5.74, 6) is 1.52. The normalized spacial score (nSPS) is 10.8. The number of rotatable bonds is 8. The first-order chi connectivity index (χ1) is 15.6. The van der Waals surface area contributed by atoms with Crippen molar-refractivity contribution in [2.45, 2.75) is 26.4 Å². The third-order valence-electron chi connectivity index (χ3n) is 5.60. The van der Waals surface area contributed by atoms with Crippen molar-refractivity contribution in [2.75, 3.05) is 14.2 Å². The second-order valence-corrected chi connectivity index (χ2v) is 7.96. The summed E-state index contributed by atoms with van der Waals surface area (Å²) in [6, 6.07) is 22.3. The molecule has 0 saturated heterocycles. The number of aromatic nitrogens is 1. The summed E-state index contributed by atoms with van der Waals surface area (Å²) in [4.78, 5) is 12.7. The first-order valence-electron chi connectivity index (χ1n) is 10.7. The van der Waals surface area contributed by atoms with Gasteiger partial charge in [0.15, 0.2) is 0 Å². The van der Waals surface area contributed by atoms with Gasteiger partial charge in [-0.1, -0.05) is 48.0 Å². The van der Waals surface area contributed by atoms with Crippen molar-refractivity contribution in [1.29, 1.82) is 0 Å². The number of carbonyl (C=O) groups is 1. The fourth-order valence-electron chi connectivity index (χ4n) is 3.89. The first-order valence-corrected chi connectivity index (χ1v) is 10.7. The second-order valence-electron chi connectivity index (χ2n) is 7.96. The highest BCUT2D eigenvalue weighted by atomic mass is 16.5. The standard InChI is InChI=1S/C27H28N2O3/c1-19-8-10-20(11-9-19)16-28-27(30)14-22-18-29(26-7-5-4-6-25(22)26)17-21-12-23(31-2)15-24(13-21)32-3/h4-13,15,18H,14,16-17H2,1-3H3,(H,28,30). The lowest BCUT2D eigenvalue weighted by Gasteiger charge is -2.10. The first kappa shape index (κ1) is 21.5. The molecule has 4 aromatic rings. The van der Waals surface area contributed by atoms with Crippen LogP contribution in [0.25, 0.3) is 10.9 Å². The van der Waals surface area contributed by atoms with E-state index in [-0.39, 0.29) is 5.91 Å². The Morgan fingerprint density at radius 1 is 0.906 bits per heavy atom. The molecule has 0 unspecified atom stereocenters. The smallest absolute Gasteiger partial charge is 0.224 e. The average molecular weight is 429 g/mol. The fraction of sp³-hybridized carbons (Fsp3) is 0.222. The van der Waals surface area contributed by atoms with Gasteiger partial charge in [-0.05, 0) is 41.8 Å². The second kappa shape index (κ2) is 9.60. The molecule has 0 bridgehead atoms. The quantitative estimate of drug-likeness (QED) is 0.435. The van der Waals surface area contributed by atoms with E-state index in [2.05, 4.69) is 47.3 Å². The van der Waals surface area contributed by atoms with Crippen molar-refractivity contribution < 1.29 is 14.3 Å². The predicted molar refractivity (Wildman–Crippen MR) is 127 cm³/mol. The van der Waals surface area contributed by atoms with E-state index >= 15 is 0 Å². The van der Waals surface area contributed by atoms with Gasteiger partial charge in [0.05, 0.1) is 20.6 Å². The maximum atomic E-state index is 12.7. The molecule has 1 aromatic heterocycles. The van der Waals surface area contributed by atoms with Crippen LogP contribution in [-0.4, -0.2) is 24.7 Å². The molecule has 1 amide bonds. The summed E-state index contributed by atoms with van der Waals surface area (Å²) in [7, 11) is 3.30. The summed E-state index contributed by atoms with van der Waals surface area (Å²) in [6.45, 7) is 3.24. The van der Waals surface area contributed by atoms with Gasteiger partial charge < -0.3 is 19.4 Å². The van der Waals surface area contributed by atoms with Crippen LogP contribution < -0.4 is 14.8 Å². The highest BCUT2D eigenvalue weighted by Crippen LogP contribution is 2.26. The zero-order valence-electron chi connectivity index (χ0n) is 18.7. The molecular formula is C27H28N2O3. The zero-order chi connectivity index (χ0) is 22.5. The Morgan fingerprint density at radius 2 is 1.59 bits per heavy atom. The van der Waals surface area contributed by atoms with E-state index in [1.54, 1.807) is 14.2 Å². The van der Waals surface area contributed by atoms with Gasteiger partial charge in [-0.3, -0.25) is 4.79 Å². The number of para-hydroxylation sites is 1. The number of hydrogen-bond acceptors (Lipinski definition) is 3. The summed E-state index contributed by atoms with van der Waals surface area (Å²) >= 11 is 0. The van der Waals surface area contributed by atoms with Crippen molar-refractivity contribution in [3.05, 3.63) is 95.2 Å². The number of methoxy groups -OCH3 is 2. The molecule has 0 radical (unpaired) electrons. The SMILES string of the molecule is COc1cc(Cn2cc(CC(=O)NCc3ccc(C)cc3)c3ccccc32)cc(OC)c1. The molecule has 4 rings (SSSR count). The number of nitrogens with zero attached hydrogens (tertiary/aromatic N) is 1. The van der Waals surface area contributed by atoms with Crippen LogP contribution in [0.3, 0.4) is 0 Å². The van der Waals surface area contributed by atoms with E-state index < -0.39 is 0 Å². The number of amides is 1. The largest absolute Gasteiger partial charge is 0.497 e. The molecule has 0 atom stereocenters. The molecule has 0 spiro atoms. The topological polar surface area (TPSA) is 52.5 Å². The zero-order valence-corrected chi connectivity index (χ0v) is 18.7. The maximum absolute atomic E-state index is 12.7. The Morgan fingerprint density at radius 3 is 2.28 bits per heavy atom. The maximum Gasteiger partial charge on any atom is 0.224 e. The van der Waals surface area contributed by atoms with Gasteiger partial charge in [0.1, 0.15) is 11.5 Å². The molecule has 0 saturated carbocycles. The molecule has 1 N–H and O–H groups in total. The highest BCUT2D eigenvalue weighted by Gasteiger charge is 2.13. The van der Waals surface area contributed by atoms with E-state index in [4.69, 9.17) is 9.47 Å². The highest BCUT2D eigenvalue weighted by molar-refractivity contribution is 5.89. The van der Waals surface area contributed by atoms with Crippen LogP contribution in [0.15, 0.2) is 72.9 Å². The summed E-state index contributed by atoms with van der Waals surface area (Å²) in [6.07, 6.45) is 2.41. The lowest BCUT2D eigenvalue weighted by atomic mass is 10.1. The van der Waals surface area contributed by atoms with Crippen LogP contribution in [0.5, 0.6) is 11.5 Å². The molecule has 0 fully saturated rings. The van der Waals surface area contributed by atoms with Crippen molar-refractivity contribution >= 4 is 16.8 Å². The fourth-order valence-corrected chi connectivity index (χ4v) is 3.89. The molecule has 0 aliphatic heterocycles. The number of aryl methyl sites for hydroxylation is 1. The molecule has 0 aliphatic carbocycles. The van der Waals surface area contributed by atoms with Gasteiger partial charge in [0, 0.05) is 36.3 Å². The summed E-state index contributed by atoms with van der Waals surface area (Å²) in [5.41, 5.74) is 5.48. The van der Waals surface area contributed by atoms with Crippen LogP contribution >= 0.6 is 0 Å². The molecule has 0 aliphatic rings. The Balaban J connectivity index is 1.53. The lowest BCUT2D eigenvalue weighted by molar-refractivity contribution is -0.120. The Kier molecular flexibility index (Phi) is 6.45. The minimum Gasteiger partial charge on any atom is -0.497 e. The molecule has 5 heteroatoms. The summed E-state index contributed by atoms with van der Waals surface area (Å²) < 4.78 is 13.0. The monoisotopic (exact) mass is 428 g/mol. The van der Waals surface area contributed by atoms with Gasteiger partial charge in [-0.15, -0.1) is 0 Å². The van der Waals surface area contributed by atoms with E-state index in [9.17, 15) is 4.79 Å². The van der Waals surface area contributed by atoms with Crippen LogP contribution in [0.1, 0.15) is 22.3 Å². The van der Waals surface area contributed by atoms with Gasteiger partial charge in [-0.2, -0.15) is 0 Å². The minimum atomic E-state index is 0.0107. The van der Waals surface area contributed by atoms with Crippen LogP contribution in [0.2, 0.25) is 0 Å². The number of benzene rings is 3. The van der Waals surface area contributed by atoms with Crippen molar-refractivity contribution in [1.82, 2.24) is 9.88 Å². The third-order valence-corrected chi connectivity index (χ3v) is 5.60. The number of nitrogens with one attached hydrogen (secondary N) is 1.